The molecule has 0 spiro atoms. The first-order valence-electron chi connectivity index (χ1n) is 1.95. The first kappa shape index (κ1) is 4.79. The Bertz CT molecular complexity index is 142. The SMILES string of the molecule is Clc1bccnc1. The summed E-state index contributed by atoms with van der Waals surface area (Å²) in [5.74, 6) is 1.79. The molecule has 34 valence electrons. The summed E-state index contributed by atoms with van der Waals surface area (Å²) in [6, 6.07) is 0. The molecule has 0 aliphatic heterocycles. The van der Waals surface area contributed by atoms with Gasteiger partial charge in [0.25, 0.3) is 0 Å². The number of rotatable bonds is 0. The summed E-state index contributed by atoms with van der Waals surface area (Å²) in [4.78, 5) is 4.44. The zero-order valence-electron chi connectivity index (χ0n) is 3.63. The van der Waals surface area contributed by atoms with Crippen molar-refractivity contribution in [1.29, 1.82) is 0 Å². The molecular weight excluding hydrogens is 108 g/mol. The minimum absolute atomic E-state index is 0.683. The number of nitrogens with zero attached hydrogens (tertiary/aromatic N) is 1. The van der Waals surface area contributed by atoms with Gasteiger partial charge in [0, 0.05) is 0 Å². The van der Waals surface area contributed by atoms with E-state index in [2.05, 4.69) is 4.98 Å². The molecule has 0 saturated heterocycles. The Morgan fingerprint density at radius 2 is 2.57 bits per heavy atom. The van der Waals surface area contributed by atoms with Crippen LogP contribution in [0.5, 0.6) is 0 Å². The first-order valence-corrected chi connectivity index (χ1v) is 2.33. The van der Waals surface area contributed by atoms with Crippen molar-refractivity contribution in [2.45, 2.75) is 0 Å². The summed E-state index contributed by atoms with van der Waals surface area (Å²) >= 11 is 5.48. The van der Waals surface area contributed by atoms with Gasteiger partial charge in [0.05, 0.1) is 0 Å². The fraction of sp³-hybridized carbons (Fsp3) is 0. The molecule has 1 nitrogen and oxygen atoms in total. The Morgan fingerprint density at radius 3 is 2.86 bits per heavy atom. The summed E-state index contributed by atoms with van der Waals surface area (Å²) in [5.41, 5.74) is 0. The van der Waals surface area contributed by atoms with Crippen molar-refractivity contribution < 1.29 is 0 Å². The predicted molar refractivity (Wildman–Crippen MR) is 30.6 cm³/mol. The predicted octanol–water partition coefficient (Wildman–Crippen LogP) is 1.07. The quantitative estimate of drug-likeness (QED) is 0.488. The van der Waals surface area contributed by atoms with Crippen molar-refractivity contribution >= 4 is 18.5 Å². The Labute approximate surface area is 47.6 Å². The van der Waals surface area contributed by atoms with Crippen LogP contribution in [0, 0.1) is 0 Å². The molecule has 1 aromatic heterocycles. The molecule has 1 aromatic rings. The summed E-state index contributed by atoms with van der Waals surface area (Å²) in [7, 11) is 0. The topological polar surface area (TPSA) is 12.9 Å². The molecule has 0 unspecified atom stereocenters. The van der Waals surface area contributed by atoms with Crippen LogP contribution in [-0.4, -0.2) is 11.9 Å². The van der Waals surface area contributed by atoms with E-state index in [0.29, 0.717) is 4.92 Å². The van der Waals surface area contributed by atoms with Crippen molar-refractivity contribution in [2.24, 2.45) is 0 Å². The van der Waals surface area contributed by atoms with E-state index in [9.17, 15) is 0 Å². The Morgan fingerprint density at radius 1 is 1.71 bits per heavy atom. The Kier molecular flexibility index (Phi) is 1.42. The monoisotopic (exact) mass is 111 g/mol. The zero-order chi connectivity index (χ0) is 5.11. The van der Waals surface area contributed by atoms with E-state index in [-0.39, 0.29) is 0 Å². The molecule has 0 atom stereocenters. The molecule has 0 radical (unpaired) electrons. The van der Waals surface area contributed by atoms with Crippen molar-refractivity contribution in [1.82, 2.24) is 4.98 Å². The van der Waals surface area contributed by atoms with Gasteiger partial charge in [0.2, 0.25) is 0 Å². The molecule has 0 aliphatic carbocycles. The summed E-state index contributed by atoms with van der Waals surface area (Å²) in [6.45, 7) is 1.79. The van der Waals surface area contributed by atoms with Crippen LogP contribution < -0.4 is 0 Å². The minimum atomic E-state index is 0.683. The maximum atomic E-state index is 5.48. The number of halogens is 1. The van der Waals surface area contributed by atoms with Gasteiger partial charge in [-0.3, -0.25) is 0 Å². The van der Waals surface area contributed by atoms with Crippen LogP contribution in [0.4, 0.5) is 0 Å². The van der Waals surface area contributed by atoms with Gasteiger partial charge in [0.15, 0.2) is 0 Å². The third-order valence-electron chi connectivity index (χ3n) is 0.625. The summed E-state index contributed by atoms with van der Waals surface area (Å²) in [6.07, 6.45) is 3.29. The van der Waals surface area contributed by atoms with Gasteiger partial charge in [-0.15, -0.1) is 0 Å². The molecule has 0 N–H and O–H groups in total. The van der Waals surface area contributed by atoms with Gasteiger partial charge in [-0.1, -0.05) is 0 Å². The van der Waals surface area contributed by atoms with Crippen LogP contribution >= 0.6 is 11.6 Å². The first-order chi connectivity index (χ1) is 3.39. The number of aromatic nitrogens is 1. The van der Waals surface area contributed by atoms with Crippen LogP contribution in [0.3, 0.4) is 0 Å². The molecule has 3 heteroatoms. The molecule has 0 bridgehead atoms. The van der Waals surface area contributed by atoms with Crippen LogP contribution in [0.1, 0.15) is 0 Å². The normalized spacial score (nSPS) is 8.14. The maximum absolute atomic E-state index is 5.48. The number of hydrogen-bond acceptors (Lipinski definition) is 1. The molecule has 0 amide bonds. The van der Waals surface area contributed by atoms with E-state index in [1.54, 1.807) is 25.3 Å². The van der Waals surface area contributed by atoms with Crippen molar-refractivity contribution in [3.63, 3.8) is 0 Å². The summed E-state index contributed by atoms with van der Waals surface area (Å²) in [5, 5.41) is 0. The molecule has 0 aromatic carbocycles. The van der Waals surface area contributed by atoms with Gasteiger partial charge in [-0.05, 0) is 0 Å². The fourth-order valence-corrected chi connectivity index (χ4v) is 0.471. The average Bonchev–Trinajstić information content (AvgIpc) is 1.69. The van der Waals surface area contributed by atoms with Crippen molar-refractivity contribution in [3.05, 3.63) is 23.3 Å². The second-order valence-corrected chi connectivity index (χ2v) is 1.61. The van der Waals surface area contributed by atoms with Gasteiger partial charge >= 0.3 is 46.8 Å². The van der Waals surface area contributed by atoms with Crippen LogP contribution in [0.15, 0.2) is 18.4 Å². The fourth-order valence-electron chi connectivity index (χ4n) is 0.342. The number of hydrogen-bond donors (Lipinski definition) is 0. The van der Waals surface area contributed by atoms with Crippen LogP contribution in [0.25, 0.3) is 0 Å². The van der Waals surface area contributed by atoms with Crippen molar-refractivity contribution in [2.75, 3.05) is 0 Å². The Balaban J connectivity index is 3.02. The van der Waals surface area contributed by atoms with E-state index >= 15 is 0 Å². The van der Waals surface area contributed by atoms with E-state index in [4.69, 9.17) is 11.6 Å². The van der Waals surface area contributed by atoms with E-state index in [1.807, 2.05) is 0 Å². The van der Waals surface area contributed by atoms with E-state index in [1.165, 1.54) is 0 Å². The molecule has 7 heavy (non-hydrogen) atoms. The summed E-state index contributed by atoms with van der Waals surface area (Å²) < 4.78 is 0. The Hall–Kier alpha value is -0.365. The molecule has 0 aliphatic rings. The second-order valence-electron chi connectivity index (χ2n) is 1.17. The third kappa shape index (κ3) is 1.28. The molecule has 0 saturated carbocycles. The van der Waals surface area contributed by atoms with Crippen LogP contribution in [0.2, 0.25) is 4.92 Å². The van der Waals surface area contributed by atoms with Crippen LogP contribution in [-0.2, 0) is 0 Å². The van der Waals surface area contributed by atoms with Gasteiger partial charge in [-0.25, -0.2) is 0 Å². The standard InChI is InChI=1S/C4H3BClN/c6-4-3-7-2-1-5-4/h1-3H. The molecule has 0 fully saturated rings. The second kappa shape index (κ2) is 2.08. The molecular formula is C4H3BClN. The molecule has 1 heterocycles. The van der Waals surface area contributed by atoms with Gasteiger partial charge in [-0.2, -0.15) is 0 Å². The van der Waals surface area contributed by atoms with Gasteiger partial charge < -0.3 is 0 Å². The molecule has 1 rings (SSSR count). The van der Waals surface area contributed by atoms with Crippen molar-refractivity contribution in [3.8, 4) is 0 Å². The third-order valence-corrected chi connectivity index (χ3v) is 0.849. The van der Waals surface area contributed by atoms with E-state index in [0.717, 1.165) is 0 Å². The van der Waals surface area contributed by atoms with Gasteiger partial charge in [0.1, 0.15) is 0 Å². The zero-order valence-corrected chi connectivity index (χ0v) is 4.39. The van der Waals surface area contributed by atoms with E-state index < -0.39 is 0 Å². The average molecular weight is 111 g/mol.